The number of allylic oxidation sites excluding steroid dienone is 4. The summed E-state index contributed by atoms with van der Waals surface area (Å²) >= 11 is 0. The van der Waals surface area contributed by atoms with Crippen LogP contribution >= 0.6 is 0 Å². The quantitative estimate of drug-likeness (QED) is 0.176. The third kappa shape index (κ3) is 4.93. The van der Waals surface area contributed by atoms with Crippen LogP contribution in [0.15, 0.2) is 188 Å². The van der Waals surface area contributed by atoms with E-state index >= 15 is 0 Å². The smallest absolute Gasteiger partial charge is 0.146 e. The normalized spacial score (nSPS) is 13.1. The fourth-order valence-corrected chi connectivity index (χ4v) is 8.46. The Balaban J connectivity index is 1.05. The molecule has 0 bridgehead atoms. The van der Waals surface area contributed by atoms with Crippen molar-refractivity contribution in [2.24, 2.45) is 0 Å². The van der Waals surface area contributed by atoms with Crippen molar-refractivity contribution >= 4 is 54.8 Å². The average molecular weight is 690 g/mol. The molecule has 0 spiro atoms. The van der Waals surface area contributed by atoms with Gasteiger partial charge in [0.15, 0.2) is 0 Å². The molecule has 0 saturated heterocycles. The van der Waals surface area contributed by atoms with Gasteiger partial charge in [-0.2, -0.15) is 0 Å². The van der Waals surface area contributed by atoms with E-state index in [1.54, 1.807) is 0 Å². The predicted octanol–water partition coefficient (Wildman–Crippen LogP) is 13.5. The van der Waals surface area contributed by atoms with Gasteiger partial charge in [-0.3, -0.25) is 4.40 Å². The first-order valence-electron chi connectivity index (χ1n) is 18.8. The minimum atomic E-state index is 0.982. The summed E-state index contributed by atoms with van der Waals surface area (Å²) in [6.45, 7) is 0. The minimum absolute atomic E-state index is 0.982. The highest BCUT2D eigenvalue weighted by Gasteiger charge is 2.17. The maximum atomic E-state index is 5.18. The van der Waals surface area contributed by atoms with E-state index in [-0.39, 0.29) is 0 Å². The van der Waals surface area contributed by atoms with Crippen LogP contribution in [0.3, 0.4) is 0 Å². The van der Waals surface area contributed by atoms with Gasteiger partial charge in [-0.1, -0.05) is 133 Å². The summed E-state index contributed by atoms with van der Waals surface area (Å²) in [6, 6.07) is 61.8. The Hall–Kier alpha value is -6.97. The molecule has 7 aromatic carbocycles. The van der Waals surface area contributed by atoms with Gasteiger partial charge >= 0.3 is 0 Å². The van der Waals surface area contributed by atoms with Crippen molar-refractivity contribution in [2.45, 2.75) is 12.8 Å². The molecule has 3 heterocycles. The molecule has 0 amide bonds. The number of fused-ring (bicyclic) bond motifs is 8. The van der Waals surface area contributed by atoms with Gasteiger partial charge in [0, 0.05) is 21.8 Å². The van der Waals surface area contributed by atoms with E-state index in [0.29, 0.717) is 0 Å². The van der Waals surface area contributed by atoms with E-state index in [1.165, 1.54) is 60.6 Å². The molecule has 11 rings (SSSR count). The van der Waals surface area contributed by atoms with Crippen molar-refractivity contribution in [1.29, 1.82) is 0 Å². The van der Waals surface area contributed by atoms with Crippen LogP contribution in [0.4, 0.5) is 0 Å². The number of imidazole rings is 1. The molecule has 0 unspecified atom stereocenters. The molecule has 0 fully saturated rings. The van der Waals surface area contributed by atoms with Gasteiger partial charge in [0.2, 0.25) is 0 Å². The molecule has 0 N–H and O–H groups in total. The summed E-state index contributed by atoms with van der Waals surface area (Å²) in [5.74, 6) is 0. The molecule has 54 heavy (non-hydrogen) atoms. The third-order valence-electron chi connectivity index (χ3n) is 11.1. The summed E-state index contributed by atoms with van der Waals surface area (Å²) in [6.07, 6.45) is 9.12. The first-order chi connectivity index (χ1) is 26.8. The van der Waals surface area contributed by atoms with Crippen molar-refractivity contribution in [1.82, 2.24) is 14.0 Å². The number of hydrogen-bond acceptors (Lipinski definition) is 1. The van der Waals surface area contributed by atoms with Crippen LogP contribution in [-0.4, -0.2) is 14.0 Å². The molecule has 254 valence electrons. The van der Waals surface area contributed by atoms with Crippen LogP contribution in [0.5, 0.6) is 0 Å². The molecule has 0 aliphatic heterocycles. The van der Waals surface area contributed by atoms with Crippen molar-refractivity contribution in [2.75, 3.05) is 0 Å². The van der Waals surface area contributed by atoms with Crippen molar-refractivity contribution in [3.8, 4) is 39.2 Å². The second kappa shape index (κ2) is 12.3. The Morgan fingerprint density at radius 3 is 1.83 bits per heavy atom. The lowest BCUT2D eigenvalue weighted by molar-refractivity contribution is 1.04. The zero-order valence-electron chi connectivity index (χ0n) is 29.7. The second-order valence-electron chi connectivity index (χ2n) is 14.3. The Labute approximate surface area is 313 Å². The van der Waals surface area contributed by atoms with Gasteiger partial charge in [-0.15, -0.1) is 0 Å². The van der Waals surface area contributed by atoms with E-state index in [4.69, 9.17) is 4.98 Å². The monoisotopic (exact) mass is 689 g/mol. The van der Waals surface area contributed by atoms with Gasteiger partial charge in [0.25, 0.3) is 0 Å². The summed E-state index contributed by atoms with van der Waals surface area (Å²) in [5, 5.41) is 4.87. The van der Waals surface area contributed by atoms with Crippen LogP contribution < -0.4 is 0 Å². The van der Waals surface area contributed by atoms with E-state index in [2.05, 4.69) is 197 Å². The maximum Gasteiger partial charge on any atom is 0.146 e. The standard InChI is InChI=1S/C51H35N3/c1-4-12-34(13-5-1)38-23-28-47-44(30-38)45-31-39(35-14-6-2-7-15-35)24-29-48(45)53(47)42-25-20-36(21-26-42)40-22-27-46-50(32-40)54-49(37-16-8-3-9-17-37)33-41-18-10-11-19-43(41)51(54)52-46/h1,3-6,8-33H,2,7H2. The predicted molar refractivity (Wildman–Crippen MR) is 227 cm³/mol. The summed E-state index contributed by atoms with van der Waals surface area (Å²) in [5.41, 5.74) is 16.3. The first kappa shape index (κ1) is 30.6. The van der Waals surface area contributed by atoms with Crippen LogP contribution in [0.25, 0.3) is 94.0 Å². The highest BCUT2D eigenvalue weighted by Crippen LogP contribution is 2.38. The molecule has 10 aromatic rings. The highest BCUT2D eigenvalue weighted by atomic mass is 15.0. The lowest BCUT2D eigenvalue weighted by Gasteiger charge is -2.12. The van der Waals surface area contributed by atoms with Crippen LogP contribution in [-0.2, 0) is 0 Å². The molecule has 3 nitrogen and oxygen atoms in total. The Bertz CT molecular complexity index is 3120. The fraction of sp³-hybridized carbons (Fsp3) is 0.0392. The van der Waals surface area contributed by atoms with Gasteiger partial charge in [0.05, 0.1) is 27.8 Å². The molecule has 3 aromatic heterocycles. The molecule has 0 atom stereocenters. The number of rotatable bonds is 5. The number of aromatic nitrogens is 3. The molecule has 1 aliphatic carbocycles. The van der Waals surface area contributed by atoms with E-state index in [1.807, 2.05) is 0 Å². The van der Waals surface area contributed by atoms with Gasteiger partial charge < -0.3 is 4.57 Å². The Morgan fingerprint density at radius 2 is 1.07 bits per heavy atom. The largest absolute Gasteiger partial charge is 0.309 e. The summed E-state index contributed by atoms with van der Waals surface area (Å²) in [7, 11) is 0. The molecule has 0 radical (unpaired) electrons. The van der Waals surface area contributed by atoms with Gasteiger partial charge in [-0.05, 0) is 112 Å². The number of pyridine rings is 1. The van der Waals surface area contributed by atoms with Gasteiger partial charge in [0.1, 0.15) is 5.65 Å². The number of hydrogen-bond donors (Lipinski definition) is 0. The molecular weight excluding hydrogens is 655 g/mol. The lowest BCUT2D eigenvalue weighted by atomic mass is 9.97. The summed E-state index contributed by atoms with van der Waals surface area (Å²) in [4.78, 5) is 5.18. The zero-order valence-corrected chi connectivity index (χ0v) is 29.7. The van der Waals surface area contributed by atoms with Crippen LogP contribution in [0, 0.1) is 0 Å². The Morgan fingerprint density at radius 1 is 0.444 bits per heavy atom. The topological polar surface area (TPSA) is 22.2 Å². The van der Waals surface area contributed by atoms with E-state index in [0.717, 1.165) is 51.9 Å². The molecule has 1 aliphatic rings. The van der Waals surface area contributed by atoms with Crippen LogP contribution in [0.1, 0.15) is 18.4 Å². The lowest BCUT2D eigenvalue weighted by Crippen LogP contribution is -1.95. The van der Waals surface area contributed by atoms with E-state index < -0.39 is 0 Å². The molecule has 3 heteroatoms. The summed E-state index contributed by atoms with van der Waals surface area (Å²) < 4.78 is 4.75. The number of nitrogens with zero attached hydrogens (tertiary/aromatic N) is 3. The number of benzene rings is 7. The molecule has 0 saturated carbocycles. The fourth-order valence-electron chi connectivity index (χ4n) is 8.46. The third-order valence-corrected chi connectivity index (χ3v) is 11.1. The van der Waals surface area contributed by atoms with Crippen molar-refractivity contribution in [3.63, 3.8) is 0 Å². The molecular formula is C51H35N3. The van der Waals surface area contributed by atoms with Crippen molar-refractivity contribution in [3.05, 3.63) is 194 Å². The maximum absolute atomic E-state index is 5.18. The van der Waals surface area contributed by atoms with Gasteiger partial charge in [-0.25, -0.2) is 4.98 Å². The van der Waals surface area contributed by atoms with Crippen LogP contribution in [0.2, 0.25) is 0 Å². The zero-order chi connectivity index (χ0) is 35.6. The Kier molecular flexibility index (Phi) is 6.99. The highest BCUT2D eigenvalue weighted by molar-refractivity contribution is 6.11. The second-order valence-corrected chi connectivity index (χ2v) is 14.3. The minimum Gasteiger partial charge on any atom is -0.309 e. The van der Waals surface area contributed by atoms with E-state index in [9.17, 15) is 0 Å². The van der Waals surface area contributed by atoms with Crippen molar-refractivity contribution < 1.29 is 0 Å². The first-order valence-corrected chi connectivity index (χ1v) is 18.8. The average Bonchev–Trinajstić information content (AvgIpc) is 3.80. The SMILES string of the molecule is C1=CC(c2ccc3c(c2)c2cc(-c4ccccc4)ccc2n3-c2ccc(-c3ccc4nc5c6ccccc6cc(-c6ccccc6)n5c4c3)cc2)=CCC1.